The summed E-state index contributed by atoms with van der Waals surface area (Å²) < 4.78 is 11.3. The zero-order valence-electron chi connectivity index (χ0n) is 17.4. The van der Waals surface area contributed by atoms with Crippen LogP contribution in [0.4, 0.5) is 0 Å². The molecule has 0 fully saturated rings. The van der Waals surface area contributed by atoms with Crippen molar-refractivity contribution in [2.45, 2.75) is 24.1 Å². The molecule has 0 bridgehead atoms. The Kier molecular flexibility index (Phi) is 6.28. The molecular weight excluding hydrogens is 460 g/mol. The molecule has 4 aromatic rings. The van der Waals surface area contributed by atoms with Crippen molar-refractivity contribution < 1.29 is 13.6 Å². The molecule has 0 saturated heterocycles. The average Bonchev–Trinajstić information content (AvgIpc) is 3.59. The Labute approximate surface area is 199 Å². The Balaban J connectivity index is 1.28. The number of amides is 1. The maximum atomic E-state index is 13.1. The Bertz CT molecular complexity index is 1260. The molecule has 0 saturated carbocycles. The summed E-state index contributed by atoms with van der Waals surface area (Å²) in [5.74, 6) is 1.13. The van der Waals surface area contributed by atoms with Crippen molar-refractivity contribution in [3.05, 3.63) is 101 Å². The van der Waals surface area contributed by atoms with Crippen LogP contribution in [0.2, 0.25) is 5.02 Å². The number of hydrogen-bond acceptors (Lipinski definition) is 7. The molecule has 33 heavy (non-hydrogen) atoms. The lowest BCUT2D eigenvalue weighted by atomic mass is 10.0. The molecule has 1 aliphatic heterocycles. The van der Waals surface area contributed by atoms with Crippen LogP contribution in [-0.2, 0) is 11.2 Å². The minimum absolute atomic E-state index is 0.113. The van der Waals surface area contributed by atoms with E-state index >= 15 is 0 Å². The summed E-state index contributed by atoms with van der Waals surface area (Å²) >= 11 is 7.21. The van der Waals surface area contributed by atoms with E-state index < -0.39 is 0 Å². The summed E-state index contributed by atoms with van der Waals surface area (Å²) in [4.78, 5) is 13.1. The number of benzene rings is 2. The molecule has 5 rings (SSSR count). The number of thioether (sulfide) groups is 1. The predicted molar refractivity (Wildman–Crippen MR) is 125 cm³/mol. The lowest BCUT2D eigenvalue weighted by Crippen LogP contribution is -2.28. The van der Waals surface area contributed by atoms with Gasteiger partial charge in [-0.25, -0.2) is 5.01 Å². The molecule has 1 aliphatic rings. The van der Waals surface area contributed by atoms with Gasteiger partial charge in [-0.15, -0.1) is 10.2 Å². The highest BCUT2D eigenvalue weighted by Crippen LogP contribution is 2.34. The van der Waals surface area contributed by atoms with Gasteiger partial charge in [-0.05, 0) is 35.4 Å². The summed E-state index contributed by atoms with van der Waals surface area (Å²) in [5, 5.41) is 15.2. The van der Waals surface area contributed by atoms with Crippen molar-refractivity contribution in [2.24, 2.45) is 5.10 Å². The molecule has 3 heterocycles. The fourth-order valence-corrected chi connectivity index (χ4v) is 4.35. The van der Waals surface area contributed by atoms with Crippen molar-refractivity contribution >= 4 is 35.0 Å². The van der Waals surface area contributed by atoms with E-state index in [1.165, 1.54) is 16.8 Å². The fourth-order valence-electron chi connectivity index (χ4n) is 3.59. The van der Waals surface area contributed by atoms with E-state index in [9.17, 15) is 4.79 Å². The number of aromatic nitrogens is 2. The van der Waals surface area contributed by atoms with Gasteiger partial charge in [0.1, 0.15) is 11.8 Å². The van der Waals surface area contributed by atoms with E-state index in [1.807, 2.05) is 60.7 Å². The molecule has 2 aromatic carbocycles. The Morgan fingerprint density at radius 3 is 2.64 bits per heavy atom. The van der Waals surface area contributed by atoms with Gasteiger partial charge in [-0.2, -0.15) is 5.10 Å². The highest BCUT2D eigenvalue weighted by Gasteiger charge is 2.35. The highest BCUT2D eigenvalue weighted by atomic mass is 35.5. The van der Waals surface area contributed by atoms with Gasteiger partial charge in [0.15, 0.2) is 0 Å². The first-order valence-electron chi connectivity index (χ1n) is 10.3. The van der Waals surface area contributed by atoms with Crippen molar-refractivity contribution in [1.29, 1.82) is 0 Å². The second kappa shape index (κ2) is 9.64. The normalized spacial score (nSPS) is 15.6. The van der Waals surface area contributed by atoms with Crippen LogP contribution in [0.25, 0.3) is 0 Å². The molecule has 0 spiro atoms. The van der Waals surface area contributed by atoms with Crippen LogP contribution < -0.4 is 0 Å². The highest BCUT2D eigenvalue weighted by molar-refractivity contribution is 7.99. The number of carbonyl (C=O) groups excluding carboxylic acids is 1. The van der Waals surface area contributed by atoms with E-state index in [0.717, 1.165) is 16.8 Å². The molecule has 0 N–H and O–H groups in total. The molecule has 0 aliphatic carbocycles. The third kappa shape index (κ3) is 5.02. The van der Waals surface area contributed by atoms with Gasteiger partial charge in [0.05, 0.1) is 24.1 Å². The predicted octanol–water partition coefficient (Wildman–Crippen LogP) is 5.38. The van der Waals surface area contributed by atoms with Crippen LogP contribution in [0.3, 0.4) is 0 Å². The summed E-state index contributed by atoms with van der Waals surface area (Å²) in [6.45, 7) is 0. The van der Waals surface area contributed by atoms with Gasteiger partial charge in [-0.1, -0.05) is 65.8 Å². The van der Waals surface area contributed by atoms with Crippen molar-refractivity contribution in [2.75, 3.05) is 5.75 Å². The molecule has 2 aromatic heterocycles. The first kappa shape index (κ1) is 21.5. The lowest BCUT2D eigenvalue weighted by Gasteiger charge is -2.19. The standard InChI is InChI=1S/C24H19ClN4O3S/c25-18-10-8-17(9-11-18)19-14-20(21-7-4-12-31-21)29(28-19)23(30)15-33-24-27-26-22(32-24)13-16-5-2-1-3-6-16/h1-12,20H,13-15H2. The van der Waals surface area contributed by atoms with Gasteiger partial charge < -0.3 is 8.83 Å². The van der Waals surface area contributed by atoms with Gasteiger partial charge in [0, 0.05) is 11.4 Å². The number of hydrogen-bond donors (Lipinski definition) is 0. The quantitative estimate of drug-likeness (QED) is 0.332. The van der Waals surface area contributed by atoms with Crippen molar-refractivity contribution in [3.8, 4) is 0 Å². The van der Waals surface area contributed by atoms with E-state index in [0.29, 0.717) is 34.7 Å². The topological polar surface area (TPSA) is 84.7 Å². The molecule has 9 heteroatoms. The molecule has 7 nitrogen and oxygen atoms in total. The van der Waals surface area contributed by atoms with Gasteiger partial charge in [-0.3, -0.25) is 4.79 Å². The number of halogens is 1. The summed E-state index contributed by atoms with van der Waals surface area (Å²) in [6.07, 6.45) is 2.69. The van der Waals surface area contributed by atoms with Crippen LogP contribution in [0.1, 0.15) is 35.2 Å². The number of nitrogens with zero attached hydrogens (tertiary/aromatic N) is 4. The summed E-state index contributed by atoms with van der Waals surface area (Å²) in [7, 11) is 0. The lowest BCUT2D eigenvalue weighted by molar-refractivity contribution is -0.130. The molecule has 1 unspecified atom stereocenters. The summed E-state index contributed by atoms with van der Waals surface area (Å²) in [5.41, 5.74) is 2.80. The molecule has 1 atom stereocenters. The van der Waals surface area contributed by atoms with E-state index in [4.69, 9.17) is 20.4 Å². The number of rotatable bonds is 7. The maximum Gasteiger partial charge on any atom is 0.277 e. The van der Waals surface area contributed by atoms with E-state index in [2.05, 4.69) is 15.3 Å². The number of carbonyl (C=O) groups is 1. The summed E-state index contributed by atoms with van der Waals surface area (Å²) in [6, 6.07) is 20.6. The average molecular weight is 479 g/mol. The Hall–Kier alpha value is -3.36. The van der Waals surface area contributed by atoms with Crippen molar-refractivity contribution in [1.82, 2.24) is 15.2 Å². The van der Waals surface area contributed by atoms with Gasteiger partial charge in [0.25, 0.3) is 11.1 Å². The Morgan fingerprint density at radius 2 is 1.88 bits per heavy atom. The third-order valence-electron chi connectivity index (χ3n) is 5.18. The third-order valence-corrected chi connectivity index (χ3v) is 6.24. The van der Waals surface area contributed by atoms with Gasteiger partial charge >= 0.3 is 0 Å². The minimum Gasteiger partial charge on any atom is -0.467 e. The maximum absolute atomic E-state index is 13.1. The zero-order chi connectivity index (χ0) is 22.6. The zero-order valence-corrected chi connectivity index (χ0v) is 19.0. The monoisotopic (exact) mass is 478 g/mol. The number of hydrazone groups is 1. The smallest absolute Gasteiger partial charge is 0.277 e. The molecule has 0 radical (unpaired) electrons. The van der Waals surface area contributed by atoms with Crippen molar-refractivity contribution in [3.63, 3.8) is 0 Å². The fraction of sp³-hybridized carbons (Fsp3) is 0.167. The second-order valence-corrected chi connectivity index (χ2v) is 8.80. The first-order chi connectivity index (χ1) is 16.2. The van der Waals surface area contributed by atoms with Crippen LogP contribution in [-0.4, -0.2) is 32.6 Å². The molecule has 1 amide bonds. The van der Waals surface area contributed by atoms with Crippen LogP contribution in [0, 0.1) is 0 Å². The molecular formula is C24H19ClN4O3S. The Morgan fingerprint density at radius 1 is 1.06 bits per heavy atom. The second-order valence-electron chi connectivity index (χ2n) is 7.44. The van der Waals surface area contributed by atoms with E-state index in [-0.39, 0.29) is 17.7 Å². The first-order valence-corrected chi connectivity index (χ1v) is 11.7. The molecule has 166 valence electrons. The number of furan rings is 1. The minimum atomic E-state index is -0.310. The van der Waals surface area contributed by atoms with Crippen LogP contribution in [0.15, 0.2) is 92.2 Å². The van der Waals surface area contributed by atoms with Gasteiger partial charge in [0.2, 0.25) is 5.89 Å². The SMILES string of the molecule is O=C(CSc1nnc(Cc2ccccc2)o1)N1N=C(c2ccc(Cl)cc2)CC1c1ccco1. The van der Waals surface area contributed by atoms with E-state index in [1.54, 1.807) is 12.3 Å². The van der Waals surface area contributed by atoms with Crippen LogP contribution in [0.5, 0.6) is 0 Å². The van der Waals surface area contributed by atoms with Crippen LogP contribution >= 0.6 is 23.4 Å². The largest absolute Gasteiger partial charge is 0.467 e.